The second-order valence-corrected chi connectivity index (χ2v) is 15.2. The number of phenolic OH excluding ortho intramolecular Hbond substituents is 1. The average molecular weight is 806 g/mol. The topological polar surface area (TPSA) is 129 Å². The van der Waals surface area contributed by atoms with Gasteiger partial charge >= 0.3 is 6.18 Å². The standard InChI is InChI=1S/C41H33Cl2F3N4O6/c1-3-20-7-13-24(14-8-20)49-36(52)26-16-15-25-27(32(26)38(49)54)18-28-37(53)50(48-35-29(43)17-22(19-47-35)41(44,45)46)39(55)40(28,21-9-11-23(42)12-10-21)34(25)33-30(51)5-4-6-31(33)56-2/h4-15,17,19,26-28,32,34,51H,3,16,18H2,1-2H3,(H,47,48). The van der Waals surface area contributed by atoms with E-state index >= 15 is 4.79 Å². The molecule has 3 heterocycles. The number of ether oxygens (including phenoxy) is 1. The Balaban J connectivity index is 1.32. The molecule has 0 spiro atoms. The van der Waals surface area contributed by atoms with Gasteiger partial charge in [0.25, 0.3) is 11.8 Å². The van der Waals surface area contributed by atoms with Gasteiger partial charge in [-0.3, -0.25) is 29.5 Å². The first kappa shape index (κ1) is 37.5. The van der Waals surface area contributed by atoms with E-state index in [9.17, 15) is 32.7 Å². The molecular weight excluding hydrogens is 772 g/mol. The number of anilines is 2. The van der Waals surface area contributed by atoms with Crippen LogP contribution in [0.5, 0.6) is 11.5 Å². The van der Waals surface area contributed by atoms with Gasteiger partial charge in [-0.05, 0) is 78.8 Å². The molecule has 1 saturated carbocycles. The van der Waals surface area contributed by atoms with E-state index in [1.807, 2.05) is 25.1 Å². The van der Waals surface area contributed by atoms with Crippen molar-refractivity contribution in [2.75, 3.05) is 17.4 Å². The fourth-order valence-corrected chi connectivity index (χ4v) is 9.57. The van der Waals surface area contributed by atoms with Crippen LogP contribution in [0.15, 0.2) is 90.6 Å². The Labute approximate surface area is 328 Å². The predicted molar refractivity (Wildman–Crippen MR) is 200 cm³/mol. The smallest absolute Gasteiger partial charge is 0.417 e. The Bertz CT molecular complexity index is 2340. The fourth-order valence-electron chi connectivity index (χ4n) is 9.23. The Kier molecular flexibility index (Phi) is 9.15. The molecule has 2 N–H and O–H groups in total. The highest BCUT2D eigenvalue weighted by Gasteiger charge is 2.71. The molecular formula is C41H33Cl2F3N4O6. The molecule has 288 valence electrons. The number of aromatic nitrogens is 1. The van der Waals surface area contributed by atoms with E-state index in [1.165, 1.54) is 18.1 Å². The molecule has 6 unspecified atom stereocenters. The van der Waals surface area contributed by atoms with E-state index in [0.717, 1.165) is 12.0 Å². The van der Waals surface area contributed by atoms with Crippen molar-refractivity contribution in [2.45, 2.75) is 43.7 Å². The van der Waals surface area contributed by atoms with Crippen molar-refractivity contribution in [1.82, 2.24) is 9.99 Å². The first-order chi connectivity index (χ1) is 26.7. The van der Waals surface area contributed by atoms with Crippen molar-refractivity contribution in [3.05, 3.63) is 123 Å². The number of phenols is 1. The van der Waals surface area contributed by atoms with Gasteiger partial charge in [0.15, 0.2) is 5.82 Å². The molecule has 0 radical (unpaired) electrons. The molecule has 2 aliphatic carbocycles. The number of amides is 4. The molecule has 3 fully saturated rings. The average Bonchev–Trinajstić information content (AvgIpc) is 3.56. The Morgan fingerprint density at radius 2 is 1.68 bits per heavy atom. The number of hydrogen-bond donors (Lipinski definition) is 2. The number of pyridine rings is 1. The normalized spacial score (nSPS) is 25.8. The number of halogens is 5. The molecule has 15 heteroatoms. The maximum atomic E-state index is 15.4. The molecule has 1 aromatic heterocycles. The fraction of sp³-hybridized carbons (Fsp3) is 0.293. The third-order valence-electron chi connectivity index (χ3n) is 11.7. The second kappa shape index (κ2) is 13.7. The number of hydrazine groups is 1. The number of alkyl halides is 3. The molecule has 10 nitrogen and oxygen atoms in total. The van der Waals surface area contributed by atoms with Crippen LogP contribution in [0.4, 0.5) is 24.7 Å². The minimum Gasteiger partial charge on any atom is -0.508 e. The van der Waals surface area contributed by atoms with E-state index < -0.39 is 69.5 Å². The van der Waals surface area contributed by atoms with E-state index in [-0.39, 0.29) is 41.6 Å². The summed E-state index contributed by atoms with van der Waals surface area (Å²) in [5.74, 6) is -7.77. The molecule has 3 aromatic carbocycles. The van der Waals surface area contributed by atoms with Crippen molar-refractivity contribution in [2.24, 2.45) is 23.7 Å². The van der Waals surface area contributed by atoms with Gasteiger partial charge in [0.2, 0.25) is 11.8 Å². The summed E-state index contributed by atoms with van der Waals surface area (Å²) in [4.78, 5) is 64.0. The summed E-state index contributed by atoms with van der Waals surface area (Å²) >= 11 is 12.6. The van der Waals surface area contributed by atoms with Gasteiger partial charge in [-0.15, -0.1) is 0 Å². The molecule has 2 saturated heterocycles. The van der Waals surface area contributed by atoms with Crippen molar-refractivity contribution >= 4 is 58.3 Å². The minimum atomic E-state index is -4.76. The summed E-state index contributed by atoms with van der Waals surface area (Å²) < 4.78 is 46.3. The summed E-state index contributed by atoms with van der Waals surface area (Å²) in [5, 5.41) is 12.2. The van der Waals surface area contributed by atoms with Crippen LogP contribution in [0.1, 0.15) is 47.9 Å². The highest BCUT2D eigenvalue weighted by molar-refractivity contribution is 6.33. The molecule has 4 aromatic rings. The lowest BCUT2D eigenvalue weighted by Crippen LogP contribution is -2.53. The summed E-state index contributed by atoms with van der Waals surface area (Å²) in [7, 11) is 1.39. The van der Waals surface area contributed by atoms with E-state index in [1.54, 1.807) is 48.5 Å². The number of nitrogens with zero attached hydrogens (tertiary/aromatic N) is 3. The van der Waals surface area contributed by atoms with Crippen LogP contribution in [-0.4, -0.2) is 45.8 Å². The quantitative estimate of drug-likeness (QED) is 0.143. The zero-order chi connectivity index (χ0) is 39.8. The maximum Gasteiger partial charge on any atom is 0.417 e. The SMILES string of the molecule is CCc1ccc(N2C(=O)C3CC=C4C(CC5C(=O)N(Nc6ncc(C(F)(F)F)cc6Cl)C(=O)C5(c5ccc(Cl)cc5)C4c4c(O)cccc4OC)C3C2=O)cc1. The third kappa shape index (κ3) is 5.57. The number of nitrogens with one attached hydrogen (secondary N) is 1. The van der Waals surface area contributed by atoms with Crippen LogP contribution < -0.4 is 15.1 Å². The number of carbonyl (C=O) groups is 4. The van der Waals surface area contributed by atoms with Crippen LogP contribution in [0, 0.1) is 23.7 Å². The van der Waals surface area contributed by atoms with Crippen LogP contribution in [0.25, 0.3) is 0 Å². The van der Waals surface area contributed by atoms with Crippen LogP contribution >= 0.6 is 23.2 Å². The number of rotatable bonds is 7. The van der Waals surface area contributed by atoms with E-state index in [4.69, 9.17) is 27.9 Å². The summed E-state index contributed by atoms with van der Waals surface area (Å²) in [5.41, 5.74) is 2.11. The van der Waals surface area contributed by atoms with Gasteiger partial charge in [-0.25, -0.2) is 4.98 Å². The first-order valence-electron chi connectivity index (χ1n) is 17.9. The first-order valence-corrected chi connectivity index (χ1v) is 18.6. The van der Waals surface area contributed by atoms with Gasteiger partial charge in [-0.2, -0.15) is 18.2 Å². The Hall–Kier alpha value is -5.40. The molecule has 0 bridgehead atoms. The zero-order valence-corrected chi connectivity index (χ0v) is 31.3. The van der Waals surface area contributed by atoms with Crippen molar-refractivity contribution in [3.63, 3.8) is 0 Å². The van der Waals surface area contributed by atoms with E-state index in [0.29, 0.717) is 39.1 Å². The highest BCUT2D eigenvalue weighted by atomic mass is 35.5. The summed E-state index contributed by atoms with van der Waals surface area (Å²) in [6.07, 6.45) is -1.60. The number of carbonyl (C=O) groups excluding carboxylic acids is 4. The summed E-state index contributed by atoms with van der Waals surface area (Å²) in [6.45, 7) is 1.99. The van der Waals surface area contributed by atoms with Crippen LogP contribution in [0.2, 0.25) is 10.0 Å². The second-order valence-electron chi connectivity index (χ2n) is 14.3. The third-order valence-corrected chi connectivity index (χ3v) is 12.3. The lowest BCUT2D eigenvalue weighted by molar-refractivity contribution is -0.139. The van der Waals surface area contributed by atoms with Gasteiger partial charge in [0.05, 0.1) is 46.6 Å². The number of methoxy groups -OCH3 is 1. The monoisotopic (exact) mass is 804 g/mol. The number of fused-ring (bicyclic) bond motifs is 4. The molecule has 56 heavy (non-hydrogen) atoms. The number of aryl methyl sites for hydroxylation is 1. The number of hydrogen-bond acceptors (Lipinski definition) is 8. The van der Waals surface area contributed by atoms with Gasteiger partial charge in [0.1, 0.15) is 11.5 Å². The number of benzene rings is 3. The maximum absolute atomic E-state index is 15.4. The number of allylic oxidation sites excluding steroid dienone is 2. The predicted octanol–water partition coefficient (Wildman–Crippen LogP) is 7.87. The molecule has 8 rings (SSSR count). The summed E-state index contributed by atoms with van der Waals surface area (Å²) in [6, 6.07) is 18.7. The number of imide groups is 2. The Morgan fingerprint density at radius 3 is 2.32 bits per heavy atom. The van der Waals surface area contributed by atoms with Gasteiger partial charge < -0.3 is 9.84 Å². The largest absolute Gasteiger partial charge is 0.508 e. The van der Waals surface area contributed by atoms with Crippen molar-refractivity contribution in [3.8, 4) is 11.5 Å². The molecule has 6 atom stereocenters. The van der Waals surface area contributed by atoms with E-state index in [2.05, 4.69) is 10.4 Å². The Morgan fingerprint density at radius 1 is 0.964 bits per heavy atom. The lowest BCUT2D eigenvalue weighted by Gasteiger charge is -2.50. The minimum absolute atomic E-state index is 0.0827. The number of aromatic hydroxyl groups is 1. The van der Waals surface area contributed by atoms with Gasteiger partial charge in [0, 0.05) is 22.7 Å². The van der Waals surface area contributed by atoms with Crippen molar-refractivity contribution in [1.29, 1.82) is 0 Å². The molecule has 2 aliphatic heterocycles. The lowest BCUT2D eigenvalue weighted by atomic mass is 9.49. The molecule has 4 aliphatic rings. The van der Waals surface area contributed by atoms with Crippen molar-refractivity contribution < 1.29 is 42.2 Å². The van der Waals surface area contributed by atoms with Gasteiger partial charge in [-0.1, -0.05) is 72.1 Å². The van der Waals surface area contributed by atoms with Crippen LogP contribution in [0.3, 0.4) is 0 Å². The molecule has 4 amide bonds. The highest BCUT2D eigenvalue weighted by Crippen LogP contribution is 2.66. The van der Waals surface area contributed by atoms with Crippen LogP contribution in [-0.2, 0) is 37.2 Å². The zero-order valence-electron chi connectivity index (χ0n) is 29.8.